The maximum Gasteiger partial charge on any atom is 0.198 e. The first kappa shape index (κ1) is 19.4. The summed E-state index contributed by atoms with van der Waals surface area (Å²) in [7, 11) is 0. The van der Waals surface area contributed by atoms with Crippen molar-refractivity contribution in [3.8, 4) is 11.5 Å². The summed E-state index contributed by atoms with van der Waals surface area (Å²) in [6, 6.07) is 8.72. The van der Waals surface area contributed by atoms with Crippen LogP contribution in [0.1, 0.15) is 42.6 Å². The van der Waals surface area contributed by atoms with Crippen molar-refractivity contribution in [1.29, 1.82) is 0 Å². The van der Waals surface area contributed by atoms with Crippen molar-refractivity contribution in [1.82, 2.24) is 19.3 Å². The fourth-order valence-electron chi connectivity index (χ4n) is 4.59. The summed E-state index contributed by atoms with van der Waals surface area (Å²) in [5.74, 6) is 1.29. The van der Waals surface area contributed by atoms with Crippen LogP contribution in [0.4, 0.5) is 0 Å². The average Bonchev–Trinajstić information content (AvgIpc) is 3.18. The Bertz CT molecular complexity index is 1300. The lowest BCUT2D eigenvalue weighted by molar-refractivity contribution is 0.222. The van der Waals surface area contributed by atoms with Crippen LogP contribution in [0.5, 0.6) is 0 Å². The summed E-state index contributed by atoms with van der Waals surface area (Å²) in [6.07, 6.45) is 6.36. The predicted molar refractivity (Wildman–Crippen MR) is 123 cm³/mol. The Morgan fingerprint density at radius 2 is 1.90 bits per heavy atom. The first-order valence-corrected chi connectivity index (χ1v) is 11.1. The van der Waals surface area contributed by atoms with Gasteiger partial charge in [-0.05, 0) is 87.5 Å². The number of nitrogens with zero attached hydrogens (tertiary/aromatic N) is 4. The number of piperidine rings is 1. The third-order valence-corrected chi connectivity index (χ3v) is 6.57. The topological polar surface area (TPSA) is 46.6 Å². The van der Waals surface area contributed by atoms with Crippen molar-refractivity contribution in [2.24, 2.45) is 0 Å². The molecule has 6 heteroatoms. The number of fused-ring (bicyclic) bond motifs is 2. The summed E-state index contributed by atoms with van der Waals surface area (Å²) in [6.45, 7) is 9.68. The van der Waals surface area contributed by atoms with Gasteiger partial charge in [-0.15, -0.1) is 0 Å². The van der Waals surface area contributed by atoms with E-state index in [1.807, 2.05) is 36.7 Å². The second-order valence-corrected chi connectivity index (χ2v) is 8.65. The van der Waals surface area contributed by atoms with Crippen molar-refractivity contribution in [3.05, 3.63) is 58.3 Å². The third kappa shape index (κ3) is 3.44. The molecule has 5 rings (SSSR count). The van der Waals surface area contributed by atoms with Gasteiger partial charge in [0.15, 0.2) is 16.1 Å². The highest BCUT2D eigenvalue weighted by molar-refractivity contribution is 7.71. The molecule has 4 heterocycles. The Labute approximate surface area is 181 Å². The maximum atomic E-state index is 6.06. The van der Waals surface area contributed by atoms with Crippen LogP contribution in [0.3, 0.4) is 0 Å². The van der Waals surface area contributed by atoms with Gasteiger partial charge >= 0.3 is 0 Å². The number of imidazole rings is 1. The lowest BCUT2D eigenvalue weighted by Gasteiger charge is -2.31. The molecule has 1 fully saturated rings. The van der Waals surface area contributed by atoms with Crippen molar-refractivity contribution >= 4 is 28.6 Å². The van der Waals surface area contributed by atoms with E-state index in [1.54, 1.807) is 0 Å². The average molecular weight is 419 g/mol. The number of aromatic nitrogens is 3. The van der Waals surface area contributed by atoms with Crippen LogP contribution in [0.25, 0.3) is 27.9 Å². The Balaban J connectivity index is 1.52. The lowest BCUT2D eigenvalue weighted by Crippen LogP contribution is -2.32. The second-order valence-electron chi connectivity index (χ2n) is 8.28. The van der Waals surface area contributed by atoms with E-state index in [4.69, 9.17) is 21.6 Å². The van der Waals surface area contributed by atoms with Gasteiger partial charge in [0.25, 0.3) is 0 Å². The van der Waals surface area contributed by atoms with Crippen LogP contribution in [-0.4, -0.2) is 38.9 Å². The van der Waals surface area contributed by atoms with E-state index < -0.39 is 0 Å². The highest BCUT2D eigenvalue weighted by Crippen LogP contribution is 2.32. The highest BCUT2D eigenvalue weighted by atomic mass is 32.1. The number of aryl methyl sites for hydroxylation is 2. The van der Waals surface area contributed by atoms with Crippen molar-refractivity contribution in [2.45, 2.75) is 39.5 Å². The molecule has 0 amide bonds. The molecule has 5 nitrogen and oxygen atoms in total. The molecule has 3 aromatic heterocycles. The zero-order chi connectivity index (χ0) is 20.8. The van der Waals surface area contributed by atoms with Gasteiger partial charge in [0.2, 0.25) is 0 Å². The molecular formula is C24H26N4OS. The third-order valence-electron chi connectivity index (χ3n) is 6.27. The molecule has 0 N–H and O–H groups in total. The number of hydrogen-bond acceptors (Lipinski definition) is 5. The van der Waals surface area contributed by atoms with E-state index in [2.05, 4.69) is 35.0 Å². The minimum atomic E-state index is 0.526. The smallest absolute Gasteiger partial charge is 0.198 e. The fourth-order valence-corrected chi connectivity index (χ4v) is 4.85. The molecule has 1 aliphatic rings. The highest BCUT2D eigenvalue weighted by Gasteiger charge is 2.20. The monoisotopic (exact) mass is 418 g/mol. The molecule has 0 saturated carbocycles. The summed E-state index contributed by atoms with van der Waals surface area (Å²) in [5, 5.41) is 2.11. The van der Waals surface area contributed by atoms with E-state index in [1.165, 1.54) is 31.5 Å². The molecule has 0 unspecified atom stereocenters. The first-order chi connectivity index (χ1) is 14.5. The molecule has 1 saturated heterocycles. The van der Waals surface area contributed by atoms with Gasteiger partial charge in [-0.2, -0.15) is 0 Å². The van der Waals surface area contributed by atoms with Crippen molar-refractivity contribution < 1.29 is 4.42 Å². The van der Waals surface area contributed by atoms with Gasteiger partial charge in [0, 0.05) is 17.8 Å². The van der Waals surface area contributed by atoms with Gasteiger partial charge in [-0.3, -0.25) is 4.98 Å². The van der Waals surface area contributed by atoms with Crippen molar-refractivity contribution in [3.63, 3.8) is 0 Å². The molecule has 0 spiro atoms. The second kappa shape index (κ2) is 7.60. The quantitative estimate of drug-likeness (QED) is 0.400. The van der Waals surface area contributed by atoms with Gasteiger partial charge < -0.3 is 13.7 Å². The van der Waals surface area contributed by atoms with Crippen LogP contribution in [0.2, 0.25) is 0 Å². The van der Waals surface area contributed by atoms with Gasteiger partial charge in [0.05, 0.1) is 11.4 Å². The fraction of sp³-hybridized carbons (Fsp3) is 0.375. The standard InChI is InChI=1S/C24H26N4OS/c1-4-27-9-7-17(8-10-27)18-5-6-19-12-22(29-24(30)20(19)11-18)21-14-28-13-15(2)25-16(3)23(28)26-21/h5-6,11-14,17H,4,7-10H2,1-3H3. The zero-order valence-electron chi connectivity index (χ0n) is 17.7. The Hall–Kier alpha value is -2.57. The molecule has 1 aliphatic heterocycles. The van der Waals surface area contributed by atoms with Crippen LogP contribution in [0, 0.1) is 18.6 Å². The van der Waals surface area contributed by atoms with E-state index in [0.717, 1.165) is 40.0 Å². The van der Waals surface area contributed by atoms with E-state index >= 15 is 0 Å². The molecule has 0 bridgehead atoms. The lowest BCUT2D eigenvalue weighted by atomic mass is 9.88. The molecule has 0 atom stereocenters. The SMILES string of the molecule is CCN1CCC(c2ccc3cc(-c4cn5cc(C)nc(C)c5n4)oc(=S)c3c2)CC1. The minimum absolute atomic E-state index is 0.526. The molecule has 30 heavy (non-hydrogen) atoms. The molecule has 154 valence electrons. The number of hydrogen-bond donors (Lipinski definition) is 0. The van der Waals surface area contributed by atoms with Gasteiger partial charge in [-0.25, -0.2) is 4.98 Å². The Kier molecular flexibility index (Phi) is 4.91. The molecule has 0 radical (unpaired) electrons. The first-order valence-electron chi connectivity index (χ1n) is 10.7. The van der Waals surface area contributed by atoms with Crippen molar-refractivity contribution in [2.75, 3.05) is 19.6 Å². The molecular weight excluding hydrogens is 392 g/mol. The maximum absolute atomic E-state index is 6.06. The summed E-state index contributed by atoms with van der Waals surface area (Å²) in [5.41, 5.74) is 4.84. The Morgan fingerprint density at radius 3 is 2.67 bits per heavy atom. The predicted octanol–water partition coefficient (Wildman–Crippen LogP) is 5.69. The van der Waals surface area contributed by atoms with Gasteiger partial charge in [-0.1, -0.05) is 19.1 Å². The number of rotatable bonds is 3. The van der Waals surface area contributed by atoms with E-state index in [9.17, 15) is 0 Å². The molecule has 4 aromatic rings. The van der Waals surface area contributed by atoms with Crippen LogP contribution in [-0.2, 0) is 0 Å². The number of likely N-dealkylation sites (tertiary alicyclic amines) is 1. The summed E-state index contributed by atoms with van der Waals surface area (Å²) in [4.78, 5) is 11.8. The number of benzene rings is 1. The zero-order valence-corrected chi connectivity index (χ0v) is 18.5. The van der Waals surface area contributed by atoms with E-state index in [-0.39, 0.29) is 0 Å². The largest absolute Gasteiger partial charge is 0.443 e. The molecule has 0 aliphatic carbocycles. The normalized spacial score (nSPS) is 16.0. The minimum Gasteiger partial charge on any atom is -0.443 e. The van der Waals surface area contributed by atoms with Crippen LogP contribution >= 0.6 is 12.2 Å². The summed E-state index contributed by atoms with van der Waals surface area (Å²) >= 11 is 5.65. The molecule has 1 aromatic carbocycles. The summed E-state index contributed by atoms with van der Waals surface area (Å²) < 4.78 is 8.59. The van der Waals surface area contributed by atoms with Gasteiger partial charge in [0.1, 0.15) is 5.69 Å². The van der Waals surface area contributed by atoms with E-state index in [0.29, 0.717) is 16.4 Å². The van der Waals surface area contributed by atoms with Crippen LogP contribution < -0.4 is 0 Å². The Morgan fingerprint density at radius 1 is 1.10 bits per heavy atom. The van der Waals surface area contributed by atoms with Crippen LogP contribution in [0.15, 0.2) is 41.1 Å².